The van der Waals surface area contributed by atoms with Gasteiger partial charge >= 0.3 is 0 Å². The number of carbonyl (C=O) groups is 1. The van der Waals surface area contributed by atoms with Crippen LogP contribution in [0.5, 0.6) is 0 Å². The smallest absolute Gasteiger partial charge is 0.257 e. The molecule has 0 bridgehead atoms. The minimum absolute atomic E-state index is 0.0567. The zero-order valence-electron chi connectivity index (χ0n) is 9.68. The summed E-state index contributed by atoms with van der Waals surface area (Å²) in [6.45, 7) is 6.05. The van der Waals surface area contributed by atoms with Crippen LogP contribution in [0.3, 0.4) is 0 Å². The Bertz CT molecular complexity index is 385. The molecule has 0 saturated heterocycles. The number of nitrogens with zero attached hydrogens (tertiary/aromatic N) is 3. The number of aliphatic hydroxyl groups is 1. The topological polar surface area (TPSA) is 58.4 Å². The molecule has 1 aromatic heterocycles. The first kappa shape index (κ1) is 12.4. The zero-order chi connectivity index (χ0) is 12.1. The van der Waals surface area contributed by atoms with Crippen molar-refractivity contribution in [2.75, 3.05) is 19.7 Å². The largest absolute Gasteiger partial charge is 0.395 e. The Balaban J connectivity index is 2.89. The summed E-state index contributed by atoms with van der Waals surface area (Å²) in [6, 6.07) is 0. The average Bonchev–Trinajstić information content (AvgIpc) is 2.56. The van der Waals surface area contributed by atoms with Gasteiger partial charge in [0.05, 0.1) is 17.9 Å². The van der Waals surface area contributed by atoms with Gasteiger partial charge in [-0.25, -0.2) is 0 Å². The predicted octanol–water partition coefficient (Wildman–Crippen LogP) is 0.349. The molecule has 0 unspecified atom stereocenters. The van der Waals surface area contributed by atoms with E-state index in [0.29, 0.717) is 24.3 Å². The molecule has 0 fully saturated rings. The molecule has 1 rings (SSSR count). The molecule has 1 aromatic rings. The van der Waals surface area contributed by atoms with Crippen molar-refractivity contribution in [3.63, 3.8) is 0 Å². The van der Waals surface area contributed by atoms with E-state index in [2.05, 4.69) is 11.7 Å². The van der Waals surface area contributed by atoms with E-state index in [4.69, 9.17) is 5.11 Å². The van der Waals surface area contributed by atoms with Crippen molar-refractivity contribution in [1.29, 1.82) is 0 Å². The summed E-state index contributed by atoms with van der Waals surface area (Å²) >= 11 is 0. The fourth-order valence-corrected chi connectivity index (χ4v) is 1.53. The zero-order valence-corrected chi connectivity index (χ0v) is 9.68. The summed E-state index contributed by atoms with van der Waals surface area (Å²) in [6.07, 6.45) is 3.32. The van der Waals surface area contributed by atoms with Gasteiger partial charge < -0.3 is 10.0 Å². The maximum Gasteiger partial charge on any atom is 0.257 e. The van der Waals surface area contributed by atoms with Gasteiger partial charge in [0.15, 0.2) is 0 Å². The minimum atomic E-state index is -0.125. The molecule has 0 atom stereocenters. The molecule has 16 heavy (non-hydrogen) atoms. The van der Waals surface area contributed by atoms with Crippen LogP contribution in [-0.2, 0) is 7.05 Å². The highest BCUT2D eigenvalue weighted by Crippen LogP contribution is 2.08. The number of aliphatic hydroxyl groups excluding tert-OH is 1. The van der Waals surface area contributed by atoms with Crippen LogP contribution in [0.2, 0.25) is 0 Å². The molecule has 0 aromatic carbocycles. The summed E-state index contributed by atoms with van der Waals surface area (Å²) in [5.41, 5.74) is 1.26. The summed E-state index contributed by atoms with van der Waals surface area (Å²) in [5.74, 6) is -0.125. The fraction of sp³-hybridized carbons (Fsp3) is 0.455. The SMILES string of the molecule is C=CCN(CCO)C(=O)c1cn(C)nc1C. The monoisotopic (exact) mass is 223 g/mol. The maximum absolute atomic E-state index is 12.1. The molecular formula is C11H17N3O2. The standard InChI is InChI=1S/C11H17N3O2/c1-4-5-14(6-7-15)11(16)10-8-13(3)12-9(10)2/h4,8,15H,1,5-7H2,2-3H3. The van der Waals surface area contributed by atoms with Gasteiger partial charge in [-0.15, -0.1) is 6.58 Å². The molecule has 0 spiro atoms. The normalized spacial score (nSPS) is 10.2. The minimum Gasteiger partial charge on any atom is -0.395 e. The van der Waals surface area contributed by atoms with Gasteiger partial charge in [0.2, 0.25) is 0 Å². The van der Waals surface area contributed by atoms with Crippen molar-refractivity contribution in [2.24, 2.45) is 7.05 Å². The Morgan fingerprint density at radius 3 is 2.88 bits per heavy atom. The third kappa shape index (κ3) is 2.70. The second-order valence-corrected chi connectivity index (χ2v) is 3.57. The van der Waals surface area contributed by atoms with Crippen LogP contribution in [0.25, 0.3) is 0 Å². The molecule has 0 aliphatic heterocycles. The summed E-state index contributed by atoms with van der Waals surface area (Å²) in [5, 5.41) is 13.0. The van der Waals surface area contributed by atoms with E-state index < -0.39 is 0 Å². The van der Waals surface area contributed by atoms with Gasteiger partial charge in [-0.05, 0) is 6.92 Å². The van der Waals surface area contributed by atoms with Crippen molar-refractivity contribution in [3.05, 3.63) is 30.1 Å². The highest BCUT2D eigenvalue weighted by molar-refractivity contribution is 5.95. The number of aryl methyl sites for hydroxylation is 2. The van der Waals surface area contributed by atoms with Crippen LogP contribution in [-0.4, -0.2) is 45.4 Å². The number of hydrogen-bond acceptors (Lipinski definition) is 3. The van der Waals surface area contributed by atoms with Crippen molar-refractivity contribution >= 4 is 5.91 Å². The van der Waals surface area contributed by atoms with E-state index in [1.165, 1.54) is 4.90 Å². The van der Waals surface area contributed by atoms with E-state index >= 15 is 0 Å². The van der Waals surface area contributed by atoms with Gasteiger partial charge in [0.1, 0.15) is 0 Å². The van der Waals surface area contributed by atoms with E-state index in [-0.39, 0.29) is 12.5 Å². The van der Waals surface area contributed by atoms with Crippen molar-refractivity contribution < 1.29 is 9.90 Å². The summed E-state index contributed by atoms with van der Waals surface area (Å²) in [7, 11) is 1.77. The molecule has 1 amide bonds. The molecule has 1 N–H and O–H groups in total. The molecule has 5 nitrogen and oxygen atoms in total. The quantitative estimate of drug-likeness (QED) is 0.733. The molecule has 0 radical (unpaired) electrons. The molecule has 0 saturated carbocycles. The van der Waals surface area contributed by atoms with Crippen LogP contribution in [0.15, 0.2) is 18.9 Å². The second kappa shape index (κ2) is 5.46. The third-order valence-corrected chi connectivity index (χ3v) is 2.25. The average molecular weight is 223 g/mol. The lowest BCUT2D eigenvalue weighted by atomic mass is 10.2. The fourth-order valence-electron chi connectivity index (χ4n) is 1.53. The number of rotatable bonds is 5. The predicted molar refractivity (Wildman–Crippen MR) is 61.1 cm³/mol. The van der Waals surface area contributed by atoms with Crippen molar-refractivity contribution in [2.45, 2.75) is 6.92 Å². The van der Waals surface area contributed by atoms with E-state index in [0.717, 1.165) is 0 Å². The third-order valence-electron chi connectivity index (χ3n) is 2.25. The highest BCUT2D eigenvalue weighted by atomic mass is 16.3. The van der Waals surface area contributed by atoms with Gasteiger partial charge in [-0.2, -0.15) is 5.10 Å². The van der Waals surface area contributed by atoms with Crippen molar-refractivity contribution in [3.8, 4) is 0 Å². The number of aromatic nitrogens is 2. The van der Waals surface area contributed by atoms with Crippen LogP contribution in [0.4, 0.5) is 0 Å². The first-order valence-electron chi connectivity index (χ1n) is 5.11. The Morgan fingerprint density at radius 2 is 2.44 bits per heavy atom. The van der Waals surface area contributed by atoms with Crippen LogP contribution in [0, 0.1) is 6.92 Å². The van der Waals surface area contributed by atoms with Crippen LogP contribution >= 0.6 is 0 Å². The Morgan fingerprint density at radius 1 is 1.75 bits per heavy atom. The summed E-state index contributed by atoms with van der Waals surface area (Å²) < 4.78 is 1.60. The van der Waals surface area contributed by atoms with Crippen LogP contribution in [0.1, 0.15) is 16.1 Å². The lowest BCUT2D eigenvalue weighted by Gasteiger charge is -2.19. The van der Waals surface area contributed by atoms with Gasteiger partial charge in [-0.1, -0.05) is 6.08 Å². The molecular weight excluding hydrogens is 206 g/mol. The first-order chi connectivity index (χ1) is 7.60. The maximum atomic E-state index is 12.1. The number of carbonyl (C=O) groups excluding carboxylic acids is 1. The number of amides is 1. The lowest BCUT2D eigenvalue weighted by molar-refractivity contribution is 0.0742. The van der Waals surface area contributed by atoms with Gasteiger partial charge in [-0.3, -0.25) is 9.48 Å². The second-order valence-electron chi connectivity index (χ2n) is 3.57. The van der Waals surface area contributed by atoms with E-state index in [9.17, 15) is 4.79 Å². The van der Waals surface area contributed by atoms with Gasteiger partial charge in [0.25, 0.3) is 5.91 Å². The van der Waals surface area contributed by atoms with Crippen molar-refractivity contribution in [1.82, 2.24) is 14.7 Å². The Labute approximate surface area is 95.0 Å². The molecule has 0 aliphatic carbocycles. The van der Waals surface area contributed by atoms with E-state index in [1.54, 1.807) is 30.9 Å². The summed E-state index contributed by atoms with van der Waals surface area (Å²) in [4.78, 5) is 13.6. The van der Waals surface area contributed by atoms with Crippen LogP contribution < -0.4 is 0 Å². The lowest BCUT2D eigenvalue weighted by Crippen LogP contribution is -2.33. The molecule has 1 heterocycles. The number of hydrogen-bond donors (Lipinski definition) is 1. The first-order valence-corrected chi connectivity index (χ1v) is 5.11. The van der Waals surface area contributed by atoms with Gasteiger partial charge in [0, 0.05) is 26.3 Å². The van der Waals surface area contributed by atoms with E-state index in [1.807, 2.05) is 0 Å². The Hall–Kier alpha value is -1.62. The highest BCUT2D eigenvalue weighted by Gasteiger charge is 2.18. The Kier molecular flexibility index (Phi) is 4.25. The molecule has 0 aliphatic rings. The molecule has 5 heteroatoms. The molecule has 88 valence electrons.